The van der Waals surface area contributed by atoms with Gasteiger partial charge in [0.2, 0.25) is 0 Å². The second-order valence-corrected chi connectivity index (χ2v) is 4.40. The summed E-state index contributed by atoms with van der Waals surface area (Å²) in [6.07, 6.45) is 2.15. The molecular formula is C13H14N2O2. The molecular weight excluding hydrogens is 216 g/mol. The van der Waals surface area contributed by atoms with Crippen molar-refractivity contribution in [1.82, 2.24) is 5.16 Å². The molecule has 2 aromatic rings. The first-order valence-electron chi connectivity index (χ1n) is 5.62. The molecule has 2 N–H and O–H groups in total. The van der Waals surface area contributed by atoms with Crippen molar-refractivity contribution in [3.8, 4) is 11.3 Å². The van der Waals surface area contributed by atoms with E-state index in [2.05, 4.69) is 17.3 Å². The van der Waals surface area contributed by atoms with Gasteiger partial charge in [-0.15, -0.1) is 0 Å². The predicted octanol–water partition coefficient (Wildman–Crippen LogP) is 2.56. The fraction of sp³-hybridized carbons (Fsp3) is 0.308. The van der Waals surface area contributed by atoms with Crippen molar-refractivity contribution < 1.29 is 9.26 Å². The number of ether oxygens (including phenoxy) is 1. The average Bonchev–Trinajstić information content (AvgIpc) is 3.06. The number of hydrogen-bond donors (Lipinski definition) is 1. The van der Waals surface area contributed by atoms with Gasteiger partial charge in [-0.3, -0.25) is 0 Å². The summed E-state index contributed by atoms with van der Waals surface area (Å²) in [5, 5.41) is 3.69. The minimum atomic E-state index is -0.0818. The van der Waals surface area contributed by atoms with Gasteiger partial charge in [0.15, 0.2) is 11.6 Å². The summed E-state index contributed by atoms with van der Waals surface area (Å²) < 4.78 is 10.7. The minimum absolute atomic E-state index is 0.0818. The monoisotopic (exact) mass is 230 g/mol. The van der Waals surface area contributed by atoms with Crippen molar-refractivity contribution in [2.45, 2.75) is 18.4 Å². The van der Waals surface area contributed by atoms with Gasteiger partial charge in [0.1, 0.15) is 0 Å². The van der Waals surface area contributed by atoms with Gasteiger partial charge in [0.25, 0.3) is 0 Å². The van der Waals surface area contributed by atoms with Crippen molar-refractivity contribution in [1.29, 1.82) is 0 Å². The normalized spacial score (nSPS) is 17.0. The zero-order valence-corrected chi connectivity index (χ0v) is 9.64. The summed E-state index contributed by atoms with van der Waals surface area (Å²) in [4.78, 5) is 0. The lowest BCUT2D eigenvalue weighted by atomic mass is 10.0. The number of benzene rings is 1. The van der Waals surface area contributed by atoms with Gasteiger partial charge >= 0.3 is 0 Å². The minimum Gasteiger partial charge on any atom is -0.381 e. The van der Waals surface area contributed by atoms with Crippen molar-refractivity contribution in [3.05, 3.63) is 35.9 Å². The Hall–Kier alpha value is -1.81. The zero-order valence-electron chi connectivity index (χ0n) is 9.64. The van der Waals surface area contributed by atoms with Gasteiger partial charge in [0, 0.05) is 18.7 Å². The van der Waals surface area contributed by atoms with E-state index in [9.17, 15) is 0 Å². The van der Waals surface area contributed by atoms with E-state index < -0.39 is 0 Å². The van der Waals surface area contributed by atoms with Crippen molar-refractivity contribution in [2.75, 3.05) is 12.8 Å². The molecule has 1 fully saturated rings. The molecule has 0 unspecified atom stereocenters. The number of nitrogen functional groups attached to an aromatic ring is 1. The molecule has 0 spiro atoms. The molecule has 4 nitrogen and oxygen atoms in total. The molecule has 1 aliphatic carbocycles. The quantitative estimate of drug-likeness (QED) is 0.880. The molecule has 1 aromatic carbocycles. The lowest BCUT2D eigenvalue weighted by Gasteiger charge is -2.14. The molecule has 0 saturated heterocycles. The van der Waals surface area contributed by atoms with E-state index in [0.29, 0.717) is 11.6 Å². The summed E-state index contributed by atoms with van der Waals surface area (Å²) >= 11 is 0. The lowest BCUT2D eigenvalue weighted by Crippen LogP contribution is -2.08. The highest BCUT2D eigenvalue weighted by atomic mass is 16.5. The SMILES string of the molecule is COC1(c2cccc(-c3cc(N)no3)c2)CC1. The van der Waals surface area contributed by atoms with Crippen molar-refractivity contribution in [2.24, 2.45) is 0 Å². The van der Waals surface area contributed by atoms with Crippen molar-refractivity contribution in [3.63, 3.8) is 0 Å². The van der Waals surface area contributed by atoms with Gasteiger partial charge in [-0.2, -0.15) is 0 Å². The van der Waals surface area contributed by atoms with Crippen LogP contribution in [0.4, 0.5) is 5.82 Å². The Morgan fingerprint density at radius 2 is 2.18 bits per heavy atom. The maximum atomic E-state index is 5.56. The van der Waals surface area contributed by atoms with E-state index in [1.807, 2.05) is 12.1 Å². The van der Waals surface area contributed by atoms with E-state index in [1.165, 1.54) is 5.56 Å². The smallest absolute Gasteiger partial charge is 0.169 e. The number of nitrogens with two attached hydrogens (primary N) is 1. The summed E-state index contributed by atoms with van der Waals surface area (Å²) in [6, 6.07) is 9.87. The predicted molar refractivity (Wildman–Crippen MR) is 64.3 cm³/mol. The Balaban J connectivity index is 2.00. The highest BCUT2D eigenvalue weighted by Gasteiger charge is 2.44. The van der Waals surface area contributed by atoms with Crippen molar-refractivity contribution >= 4 is 5.82 Å². The second-order valence-electron chi connectivity index (χ2n) is 4.40. The summed E-state index contributed by atoms with van der Waals surface area (Å²) in [7, 11) is 1.76. The first-order valence-corrected chi connectivity index (χ1v) is 5.62. The number of nitrogens with zero attached hydrogens (tertiary/aromatic N) is 1. The zero-order chi connectivity index (χ0) is 11.9. The molecule has 3 rings (SSSR count). The van der Waals surface area contributed by atoms with E-state index in [-0.39, 0.29) is 5.60 Å². The number of aromatic nitrogens is 1. The highest BCUT2D eigenvalue weighted by Crippen LogP contribution is 2.49. The lowest BCUT2D eigenvalue weighted by molar-refractivity contribution is 0.0789. The maximum absolute atomic E-state index is 5.56. The standard InChI is InChI=1S/C13H14N2O2/c1-16-13(5-6-13)10-4-2-3-9(7-10)11-8-12(14)15-17-11/h2-4,7-8H,5-6H2,1H3,(H2,14,15). The van der Waals surface area contributed by atoms with Crippen LogP contribution in [0.3, 0.4) is 0 Å². The highest BCUT2D eigenvalue weighted by molar-refractivity contribution is 5.61. The first-order chi connectivity index (χ1) is 8.23. The van der Waals surface area contributed by atoms with E-state index in [1.54, 1.807) is 13.2 Å². The molecule has 1 saturated carbocycles. The molecule has 0 atom stereocenters. The van der Waals surface area contributed by atoms with Crippen LogP contribution in [0.2, 0.25) is 0 Å². The summed E-state index contributed by atoms with van der Waals surface area (Å²) in [5.41, 5.74) is 7.64. The molecule has 4 heteroatoms. The van der Waals surface area contributed by atoms with Crippen LogP contribution in [-0.4, -0.2) is 12.3 Å². The van der Waals surface area contributed by atoms with Gasteiger partial charge in [0.05, 0.1) is 5.60 Å². The number of hydrogen-bond acceptors (Lipinski definition) is 4. The van der Waals surface area contributed by atoms with Crippen LogP contribution in [0.1, 0.15) is 18.4 Å². The van der Waals surface area contributed by atoms with Gasteiger partial charge in [-0.25, -0.2) is 0 Å². The van der Waals surface area contributed by atoms with Gasteiger partial charge in [-0.1, -0.05) is 23.4 Å². The first kappa shape index (κ1) is 10.4. The molecule has 0 amide bonds. The summed E-state index contributed by atoms with van der Waals surface area (Å²) in [5.74, 6) is 1.09. The molecule has 88 valence electrons. The average molecular weight is 230 g/mol. The third-order valence-corrected chi connectivity index (χ3v) is 3.30. The van der Waals surface area contributed by atoms with Gasteiger partial charge < -0.3 is 15.0 Å². The fourth-order valence-electron chi connectivity index (χ4n) is 2.10. The van der Waals surface area contributed by atoms with Crippen LogP contribution in [-0.2, 0) is 10.3 Å². The van der Waals surface area contributed by atoms with Gasteiger partial charge in [-0.05, 0) is 24.5 Å². The molecule has 17 heavy (non-hydrogen) atoms. The Kier molecular flexibility index (Phi) is 2.19. The molecule has 1 aromatic heterocycles. The fourth-order valence-corrected chi connectivity index (χ4v) is 2.10. The maximum Gasteiger partial charge on any atom is 0.169 e. The molecule has 0 aliphatic heterocycles. The third-order valence-electron chi connectivity index (χ3n) is 3.30. The van der Waals surface area contributed by atoms with Crippen LogP contribution in [0.25, 0.3) is 11.3 Å². The topological polar surface area (TPSA) is 61.3 Å². The molecule has 1 heterocycles. The Labute approximate surface area is 99.4 Å². The molecule has 0 radical (unpaired) electrons. The Morgan fingerprint density at radius 3 is 2.76 bits per heavy atom. The number of anilines is 1. The third kappa shape index (κ3) is 1.70. The number of methoxy groups -OCH3 is 1. The Morgan fingerprint density at radius 1 is 1.35 bits per heavy atom. The van der Waals surface area contributed by atoms with E-state index in [4.69, 9.17) is 15.0 Å². The van der Waals surface area contributed by atoms with E-state index >= 15 is 0 Å². The van der Waals surface area contributed by atoms with Crippen LogP contribution in [0.5, 0.6) is 0 Å². The van der Waals surface area contributed by atoms with Crippen LogP contribution < -0.4 is 5.73 Å². The van der Waals surface area contributed by atoms with E-state index in [0.717, 1.165) is 18.4 Å². The second kappa shape index (κ2) is 3.60. The number of rotatable bonds is 3. The Bertz CT molecular complexity index is 544. The largest absolute Gasteiger partial charge is 0.381 e. The van der Waals surface area contributed by atoms with Crippen LogP contribution in [0, 0.1) is 0 Å². The van der Waals surface area contributed by atoms with Crippen LogP contribution >= 0.6 is 0 Å². The summed E-state index contributed by atoms with van der Waals surface area (Å²) in [6.45, 7) is 0. The molecule has 0 bridgehead atoms. The van der Waals surface area contributed by atoms with Crippen LogP contribution in [0.15, 0.2) is 34.9 Å². The molecule has 1 aliphatic rings.